The lowest BCUT2D eigenvalue weighted by Crippen LogP contribution is -1.99. The highest BCUT2D eigenvalue weighted by atomic mass is 16.3. The van der Waals surface area contributed by atoms with Crippen LogP contribution in [0.15, 0.2) is 161 Å². The van der Waals surface area contributed by atoms with Gasteiger partial charge in [0.2, 0.25) is 0 Å². The van der Waals surface area contributed by atoms with Gasteiger partial charge in [-0.2, -0.15) is 10.5 Å². The Morgan fingerprint density at radius 2 is 1.32 bits per heavy atom. The van der Waals surface area contributed by atoms with E-state index >= 15 is 0 Å². The molecule has 0 saturated heterocycles. The highest BCUT2D eigenvalue weighted by molar-refractivity contribution is 6.19. The molecule has 0 aliphatic heterocycles. The van der Waals surface area contributed by atoms with Crippen LogP contribution in [0.25, 0.3) is 105 Å². The third kappa shape index (κ3) is 4.69. The van der Waals surface area contributed by atoms with E-state index < -0.39 is 0 Å². The highest BCUT2D eigenvalue weighted by Gasteiger charge is 2.22. The van der Waals surface area contributed by atoms with Gasteiger partial charge >= 0.3 is 0 Å². The number of aryl methyl sites for hydroxylation is 1. The van der Waals surface area contributed by atoms with Crippen LogP contribution in [0.4, 0.5) is 0 Å². The standard InChI is InChI=1S/C51H30N4O2/c1-3-4-11-36-30(2)56-51-41(36)21-20-40-37-12-5-9-16-46(37)55(50(40)51)34-19-18-32(29-53)42(25-34)33-22-31(28-52)23-35(24-33)54-45-15-8-6-13-38(45)43-27-49-44(26-47(43)54)39-14-7-10-17-48(39)57-49/h3-27H,1H2,2H3/b11-4-. The van der Waals surface area contributed by atoms with Crippen LogP contribution in [0.5, 0.6) is 0 Å². The molecule has 4 aromatic heterocycles. The average molecular weight is 731 g/mol. The number of para-hydroxylation sites is 3. The Balaban J connectivity index is 1.17. The molecule has 0 fully saturated rings. The minimum Gasteiger partial charge on any atom is -0.458 e. The molecule has 0 atom stereocenters. The molecule has 6 nitrogen and oxygen atoms in total. The number of nitrogens with zero attached hydrogens (tertiary/aromatic N) is 4. The van der Waals surface area contributed by atoms with Crippen LogP contribution < -0.4 is 0 Å². The number of allylic oxidation sites excluding steroid dienone is 2. The molecule has 6 heteroatoms. The van der Waals surface area contributed by atoms with Crippen molar-refractivity contribution in [2.75, 3.05) is 0 Å². The third-order valence-electron chi connectivity index (χ3n) is 11.3. The van der Waals surface area contributed by atoms with Crippen LogP contribution in [0.2, 0.25) is 0 Å². The summed E-state index contributed by atoms with van der Waals surface area (Å²) in [5.74, 6) is 0.820. The van der Waals surface area contributed by atoms with Crippen molar-refractivity contribution in [3.8, 4) is 34.6 Å². The van der Waals surface area contributed by atoms with Gasteiger partial charge in [-0.1, -0.05) is 85.5 Å². The van der Waals surface area contributed by atoms with Crippen LogP contribution in [-0.4, -0.2) is 9.13 Å². The van der Waals surface area contributed by atoms with Gasteiger partial charge in [0, 0.05) is 60.2 Å². The first kappa shape index (κ1) is 32.4. The predicted molar refractivity (Wildman–Crippen MR) is 231 cm³/mol. The minimum atomic E-state index is 0.488. The average Bonchev–Trinajstić information content (AvgIpc) is 3.98. The summed E-state index contributed by atoms with van der Waals surface area (Å²) in [7, 11) is 0. The normalized spacial score (nSPS) is 11.9. The van der Waals surface area contributed by atoms with Crippen molar-refractivity contribution < 1.29 is 8.83 Å². The molecule has 0 unspecified atom stereocenters. The molecule has 0 saturated carbocycles. The largest absolute Gasteiger partial charge is 0.458 e. The van der Waals surface area contributed by atoms with Crippen LogP contribution in [0.3, 0.4) is 0 Å². The molecule has 0 bridgehead atoms. The number of nitriles is 2. The Hall–Kier alpha value is -8.06. The highest BCUT2D eigenvalue weighted by Crippen LogP contribution is 2.42. The molecule has 0 aliphatic rings. The molecule has 11 aromatic rings. The van der Waals surface area contributed by atoms with E-state index in [2.05, 4.69) is 101 Å². The fourth-order valence-electron chi connectivity index (χ4n) is 8.81. The van der Waals surface area contributed by atoms with Gasteiger partial charge in [-0.15, -0.1) is 0 Å². The number of benzene rings is 7. The number of aromatic nitrogens is 2. The van der Waals surface area contributed by atoms with Crippen LogP contribution in [0.1, 0.15) is 22.5 Å². The second-order valence-electron chi connectivity index (χ2n) is 14.4. The van der Waals surface area contributed by atoms with Gasteiger partial charge in [0.15, 0.2) is 5.58 Å². The molecule has 57 heavy (non-hydrogen) atoms. The summed E-state index contributed by atoms with van der Waals surface area (Å²) in [5.41, 5.74) is 11.6. The summed E-state index contributed by atoms with van der Waals surface area (Å²) in [5, 5.41) is 28.4. The zero-order valence-corrected chi connectivity index (χ0v) is 30.7. The van der Waals surface area contributed by atoms with E-state index in [4.69, 9.17) is 8.83 Å². The number of fused-ring (bicyclic) bond motifs is 11. The van der Waals surface area contributed by atoms with Crippen molar-refractivity contribution in [3.63, 3.8) is 0 Å². The topological polar surface area (TPSA) is 83.7 Å². The first-order valence-electron chi connectivity index (χ1n) is 18.7. The summed E-state index contributed by atoms with van der Waals surface area (Å²) in [6, 6.07) is 50.0. The number of hydrogen-bond acceptors (Lipinski definition) is 4. The summed E-state index contributed by atoms with van der Waals surface area (Å²) in [6.07, 6.45) is 5.72. The molecule has 0 spiro atoms. The number of rotatable bonds is 5. The summed E-state index contributed by atoms with van der Waals surface area (Å²) < 4.78 is 17.3. The van der Waals surface area contributed by atoms with E-state index in [1.54, 1.807) is 6.08 Å². The summed E-state index contributed by atoms with van der Waals surface area (Å²) in [6.45, 7) is 5.84. The summed E-state index contributed by atoms with van der Waals surface area (Å²) >= 11 is 0. The SMILES string of the molecule is C=C/C=C\c1c(C)oc2c1ccc1c3ccccc3n(-c3ccc(C#N)c(-c4cc(C#N)cc(-n5c6ccccc6c6cc7oc8ccccc8c7cc65)c4)c3)c12. The second-order valence-corrected chi connectivity index (χ2v) is 14.4. The fraction of sp³-hybridized carbons (Fsp3) is 0.0196. The predicted octanol–water partition coefficient (Wildman–Crippen LogP) is 13.4. The van der Waals surface area contributed by atoms with Crippen molar-refractivity contribution in [3.05, 3.63) is 175 Å². The molecular weight excluding hydrogens is 701 g/mol. The minimum absolute atomic E-state index is 0.488. The van der Waals surface area contributed by atoms with Gasteiger partial charge < -0.3 is 18.0 Å². The quantitative estimate of drug-likeness (QED) is 0.165. The van der Waals surface area contributed by atoms with E-state index in [1.807, 2.05) is 79.7 Å². The number of hydrogen-bond donors (Lipinski definition) is 0. The van der Waals surface area contributed by atoms with E-state index in [-0.39, 0.29) is 0 Å². The lowest BCUT2D eigenvalue weighted by molar-refractivity contribution is 0.579. The Labute approximate surface area is 326 Å². The maximum atomic E-state index is 10.6. The second kappa shape index (κ2) is 12.2. The van der Waals surface area contributed by atoms with Gasteiger partial charge in [0.05, 0.1) is 45.3 Å². The van der Waals surface area contributed by atoms with Gasteiger partial charge in [-0.3, -0.25) is 0 Å². The zero-order chi connectivity index (χ0) is 38.4. The van der Waals surface area contributed by atoms with E-state index in [9.17, 15) is 10.5 Å². The summed E-state index contributed by atoms with van der Waals surface area (Å²) in [4.78, 5) is 0. The molecule has 0 radical (unpaired) electrons. The molecular formula is C51H30N4O2. The van der Waals surface area contributed by atoms with Gasteiger partial charge in [0.1, 0.15) is 16.9 Å². The van der Waals surface area contributed by atoms with Crippen molar-refractivity contribution in [2.24, 2.45) is 0 Å². The molecule has 11 rings (SSSR count). The number of furan rings is 2. The van der Waals surface area contributed by atoms with Gasteiger partial charge in [-0.05, 0) is 85.3 Å². The monoisotopic (exact) mass is 730 g/mol. The van der Waals surface area contributed by atoms with E-state index in [0.717, 1.165) is 110 Å². The van der Waals surface area contributed by atoms with Gasteiger partial charge in [-0.25, -0.2) is 0 Å². The Morgan fingerprint density at radius 1 is 0.579 bits per heavy atom. The first-order valence-corrected chi connectivity index (χ1v) is 18.7. The van der Waals surface area contributed by atoms with E-state index in [0.29, 0.717) is 11.1 Å². The third-order valence-corrected chi connectivity index (χ3v) is 11.3. The first-order chi connectivity index (χ1) is 28.0. The smallest absolute Gasteiger partial charge is 0.159 e. The molecule has 7 aromatic carbocycles. The zero-order valence-electron chi connectivity index (χ0n) is 30.7. The van der Waals surface area contributed by atoms with Crippen LogP contribution in [-0.2, 0) is 0 Å². The van der Waals surface area contributed by atoms with Crippen molar-refractivity contribution in [1.82, 2.24) is 9.13 Å². The fourth-order valence-corrected chi connectivity index (χ4v) is 8.81. The lowest BCUT2D eigenvalue weighted by atomic mass is 9.97. The van der Waals surface area contributed by atoms with Crippen molar-refractivity contribution in [1.29, 1.82) is 10.5 Å². The Bertz CT molecular complexity index is 3650. The van der Waals surface area contributed by atoms with Crippen LogP contribution in [0, 0.1) is 29.6 Å². The van der Waals surface area contributed by atoms with Crippen LogP contribution >= 0.6 is 0 Å². The van der Waals surface area contributed by atoms with Crippen molar-refractivity contribution >= 4 is 82.6 Å². The molecule has 0 aliphatic carbocycles. The maximum absolute atomic E-state index is 10.6. The maximum Gasteiger partial charge on any atom is 0.159 e. The molecule has 0 amide bonds. The molecule has 4 heterocycles. The van der Waals surface area contributed by atoms with Crippen molar-refractivity contribution in [2.45, 2.75) is 6.92 Å². The molecule has 266 valence electrons. The van der Waals surface area contributed by atoms with Gasteiger partial charge in [0.25, 0.3) is 0 Å². The Kier molecular flexibility index (Phi) is 6.95. The lowest BCUT2D eigenvalue weighted by Gasteiger charge is -2.14. The Morgan fingerprint density at radius 3 is 2.11 bits per heavy atom. The van der Waals surface area contributed by atoms with E-state index in [1.165, 1.54) is 0 Å². The molecule has 0 N–H and O–H groups in total.